The predicted molar refractivity (Wildman–Crippen MR) is 104 cm³/mol. The zero-order valence-corrected chi connectivity index (χ0v) is 15.4. The number of anilines is 1. The second-order valence-corrected chi connectivity index (χ2v) is 6.82. The van der Waals surface area contributed by atoms with Crippen molar-refractivity contribution in [2.75, 3.05) is 18.5 Å². The monoisotopic (exact) mass is 367 g/mol. The quantitative estimate of drug-likeness (QED) is 0.757. The molecule has 3 rings (SSSR count). The van der Waals surface area contributed by atoms with E-state index >= 15 is 0 Å². The lowest BCUT2D eigenvalue weighted by Gasteiger charge is -2.23. The van der Waals surface area contributed by atoms with Crippen LogP contribution in [-0.4, -0.2) is 31.1 Å². The maximum absolute atomic E-state index is 12.4. The summed E-state index contributed by atoms with van der Waals surface area (Å²) in [5.74, 6) is -0.408. The van der Waals surface area contributed by atoms with Gasteiger partial charge in [0.05, 0.1) is 0 Å². The van der Waals surface area contributed by atoms with Crippen molar-refractivity contribution in [1.82, 2.24) is 5.32 Å². The number of nitrogens with two attached hydrogens (primary N) is 1. The van der Waals surface area contributed by atoms with Crippen molar-refractivity contribution < 1.29 is 14.3 Å². The highest BCUT2D eigenvalue weighted by molar-refractivity contribution is 5.97. The number of carbonyl (C=O) groups is 2. The molecule has 1 aliphatic rings. The maximum atomic E-state index is 12.4. The molecule has 0 saturated carbocycles. The third-order valence-electron chi connectivity index (χ3n) is 4.69. The molecule has 6 nitrogen and oxygen atoms in total. The van der Waals surface area contributed by atoms with E-state index < -0.39 is 6.04 Å². The van der Waals surface area contributed by atoms with Gasteiger partial charge in [0, 0.05) is 30.5 Å². The minimum atomic E-state index is -0.748. The van der Waals surface area contributed by atoms with Crippen LogP contribution in [0, 0.1) is 6.92 Å². The van der Waals surface area contributed by atoms with Gasteiger partial charge in [0.2, 0.25) is 5.91 Å². The highest BCUT2D eigenvalue weighted by Crippen LogP contribution is 2.16. The van der Waals surface area contributed by atoms with E-state index in [1.807, 2.05) is 31.2 Å². The summed E-state index contributed by atoms with van der Waals surface area (Å²) in [6, 6.07) is 13.8. The summed E-state index contributed by atoms with van der Waals surface area (Å²) in [7, 11) is 0. The first-order chi connectivity index (χ1) is 13.0. The molecule has 27 heavy (non-hydrogen) atoms. The van der Waals surface area contributed by atoms with Gasteiger partial charge in [-0.05, 0) is 49.6 Å². The van der Waals surface area contributed by atoms with Gasteiger partial charge in [0.1, 0.15) is 6.04 Å². The Labute approximate surface area is 159 Å². The van der Waals surface area contributed by atoms with Gasteiger partial charge in [0.15, 0.2) is 0 Å². The van der Waals surface area contributed by atoms with Crippen LogP contribution in [0.15, 0.2) is 48.5 Å². The second-order valence-electron chi connectivity index (χ2n) is 6.82. The van der Waals surface area contributed by atoms with E-state index in [1.54, 1.807) is 24.3 Å². The smallest absolute Gasteiger partial charge is 0.251 e. The zero-order valence-electron chi connectivity index (χ0n) is 15.4. The lowest BCUT2D eigenvalue weighted by molar-refractivity contribution is -0.117. The molecule has 1 heterocycles. The van der Waals surface area contributed by atoms with Crippen molar-refractivity contribution in [2.24, 2.45) is 5.73 Å². The van der Waals surface area contributed by atoms with Crippen LogP contribution in [0.1, 0.15) is 40.4 Å². The molecule has 6 heteroatoms. The summed E-state index contributed by atoms with van der Waals surface area (Å²) >= 11 is 0. The first-order valence-corrected chi connectivity index (χ1v) is 9.14. The molecule has 4 N–H and O–H groups in total. The van der Waals surface area contributed by atoms with Gasteiger partial charge >= 0.3 is 0 Å². The topological polar surface area (TPSA) is 93.5 Å². The average Bonchev–Trinajstić information content (AvgIpc) is 2.69. The van der Waals surface area contributed by atoms with Gasteiger partial charge in [-0.25, -0.2) is 0 Å². The van der Waals surface area contributed by atoms with Gasteiger partial charge in [0.25, 0.3) is 5.91 Å². The van der Waals surface area contributed by atoms with Gasteiger partial charge in [-0.2, -0.15) is 0 Å². The lowest BCUT2D eigenvalue weighted by atomic mass is 10.1. The Morgan fingerprint density at radius 2 is 1.67 bits per heavy atom. The number of rotatable bonds is 5. The molecular formula is C21H25N3O3. The minimum absolute atomic E-state index is 0.115. The molecule has 0 bridgehead atoms. The standard InChI is InChI=1S/C21H25N3O3/c1-14-2-4-15(5-3-14)19(22)21(26)24-17-8-6-16(7-9-17)20(25)23-18-10-12-27-13-11-18/h2-9,18-19H,10-13,22H2,1H3,(H,23,25)(H,24,26). The lowest BCUT2D eigenvalue weighted by Crippen LogP contribution is -2.38. The van der Waals surface area contributed by atoms with Crippen LogP contribution in [0.3, 0.4) is 0 Å². The van der Waals surface area contributed by atoms with Crippen LogP contribution < -0.4 is 16.4 Å². The molecule has 1 atom stereocenters. The Morgan fingerprint density at radius 3 is 2.30 bits per heavy atom. The summed E-state index contributed by atoms with van der Waals surface area (Å²) in [6.45, 7) is 3.34. The molecule has 2 aromatic rings. The van der Waals surface area contributed by atoms with E-state index in [0.717, 1.165) is 24.0 Å². The SMILES string of the molecule is Cc1ccc(C(N)C(=O)Nc2ccc(C(=O)NC3CCOCC3)cc2)cc1. The summed E-state index contributed by atoms with van der Waals surface area (Å²) in [5.41, 5.74) is 9.06. The van der Waals surface area contributed by atoms with Crippen molar-refractivity contribution in [3.05, 3.63) is 65.2 Å². The Balaban J connectivity index is 1.57. The number of hydrogen-bond acceptors (Lipinski definition) is 4. The number of amides is 2. The Bertz CT molecular complexity index is 781. The molecule has 1 saturated heterocycles. The Kier molecular flexibility index (Phi) is 6.21. The molecule has 0 spiro atoms. The van der Waals surface area contributed by atoms with Crippen molar-refractivity contribution in [1.29, 1.82) is 0 Å². The normalized spacial score (nSPS) is 15.8. The molecule has 0 aliphatic carbocycles. The summed E-state index contributed by atoms with van der Waals surface area (Å²) in [6.07, 6.45) is 1.66. The molecule has 1 aliphatic heterocycles. The van der Waals surface area contributed by atoms with Crippen molar-refractivity contribution in [3.8, 4) is 0 Å². The highest BCUT2D eigenvalue weighted by atomic mass is 16.5. The number of ether oxygens (including phenoxy) is 1. The Morgan fingerprint density at radius 1 is 1.04 bits per heavy atom. The maximum Gasteiger partial charge on any atom is 0.251 e. The first kappa shape index (κ1) is 19.1. The van der Waals surface area contributed by atoms with Crippen LogP contribution >= 0.6 is 0 Å². The molecule has 2 amide bonds. The predicted octanol–water partition coefficient (Wildman–Crippen LogP) is 2.54. The van der Waals surface area contributed by atoms with E-state index in [-0.39, 0.29) is 17.9 Å². The number of aryl methyl sites for hydroxylation is 1. The first-order valence-electron chi connectivity index (χ1n) is 9.14. The molecular weight excluding hydrogens is 342 g/mol. The van der Waals surface area contributed by atoms with E-state index in [0.29, 0.717) is 24.5 Å². The van der Waals surface area contributed by atoms with Crippen molar-refractivity contribution >= 4 is 17.5 Å². The van der Waals surface area contributed by atoms with Crippen molar-refractivity contribution in [3.63, 3.8) is 0 Å². The van der Waals surface area contributed by atoms with Gasteiger partial charge in [-0.1, -0.05) is 29.8 Å². The number of carbonyl (C=O) groups excluding carboxylic acids is 2. The van der Waals surface area contributed by atoms with Crippen LogP contribution in [0.5, 0.6) is 0 Å². The average molecular weight is 367 g/mol. The molecule has 1 unspecified atom stereocenters. The fraction of sp³-hybridized carbons (Fsp3) is 0.333. The summed E-state index contributed by atoms with van der Waals surface area (Å²) in [4.78, 5) is 24.7. The molecule has 0 radical (unpaired) electrons. The van der Waals surface area contributed by atoms with Gasteiger partial charge in [-0.3, -0.25) is 9.59 Å². The number of nitrogens with one attached hydrogen (secondary N) is 2. The van der Waals surface area contributed by atoms with E-state index in [1.165, 1.54) is 0 Å². The zero-order chi connectivity index (χ0) is 19.2. The molecule has 2 aromatic carbocycles. The van der Waals surface area contributed by atoms with Crippen LogP contribution in [0.25, 0.3) is 0 Å². The largest absolute Gasteiger partial charge is 0.381 e. The summed E-state index contributed by atoms with van der Waals surface area (Å²) < 4.78 is 5.29. The minimum Gasteiger partial charge on any atom is -0.381 e. The van der Waals surface area contributed by atoms with E-state index in [2.05, 4.69) is 10.6 Å². The third kappa shape index (κ3) is 5.15. The number of benzene rings is 2. The van der Waals surface area contributed by atoms with E-state index in [4.69, 9.17) is 10.5 Å². The second kappa shape index (κ2) is 8.79. The highest BCUT2D eigenvalue weighted by Gasteiger charge is 2.18. The van der Waals surface area contributed by atoms with Crippen LogP contribution in [0.4, 0.5) is 5.69 Å². The van der Waals surface area contributed by atoms with Crippen LogP contribution in [-0.2, 0) is 9.53 Å². The molecule has 0 aromatic heterocycles. The van der Waals surface area contributed by atoms with Crippen molar-refractivity contribution in [2.45, 2.75) is 31.8 Å². The van der Waals surface area contributed by atoms with Crippen LogP contribution in [0.2, 0.25) is 0 Å². The fourth-order valence-corrected chi connectivity index (χ4v) is 2.96. The van der Waals surface area contributed by atoms with E-state index in [9.17, 15) is 9.59 Å². The molecule has 1 fully saturated rings. The fourth-order valence-electron chi connectivity index (χ4n) is 2.96. The summed E-state index contributed by atoms with van der Waals surface area (Å²) in [5, 5.41) is 5.80. The van der Waals surface area contributed by atoms with Gasteiger partial charge in [-0.15, -0.1) is 0 Å². The van der Waals surface area contributed by atoms with Gasteiger partial charge < -0.3 is 21.1 Å². The Hall–Kier alpha value is -2.70. The number of hydrogen-bond donors (Lipinski definition) is 3. The third-order valence-corrected chi connectivity index (χ3v) is 4.69. The molecule has 142 valence electrons.